The van der Waals surface area contributed by atoms with E-state index in [-0.39, 0.29) is 5.91 Å². The molecule has 126 valence electrons. The largest absolute Gasteiger partial charge is 0.356 e. The van der Waals surface area contributed by atoms with E-state index in [1.807, 2.05) is 30.3 Å². The molecule has 0 aliphatic carbocycles. The molecule has 24 heavy (non-hydrogen) atoms. The normalized spacial score (nSPS) is 14.5. The second-order valence-electron chi connectivity index (χ2n) is 5.59. The van der Waals surface area contributed by atoms with Crippen LogP contribution in [0.4, 0.5) is 11.5 Å². The van der Waals surface area contributed by atoms with Crippen molar-refractivity contribution in [2.45, 2.75) is 24.4 Å². The van der Waals surface area contributed by atoms with Crippen molar-refractivity contribution in [3.63, 3.8) is 0 Å². The predicted molar refractivity (Wildman–Crippen MR) is 102 cm³/mol. The van der Waals surface area contributed by atoms with Gasteiger partial charge in [0.05, 0.1) is 5.75 Å². The van der Waals surface area contributed by atoms with E-state index < -0.39 is 0 Å². The third-order valence-corrected chi connectivity index (χ3v) is 5.15. The molecule has 1 fully saturated rings. The fourth-order valence-corrected chi connectivity index (χ4v) is 3.45. The molecule has 1 aromatic carbocycles. The number of carbonyl (C=O) groups excluding carboxylic acids is 1. The number of hydrogen-bond donors (Lipinski definition) is 1. The standard InChI is InChI=1S/C17H19BrN4OS/c18-13-4-6-14(7-5-13)20-16(23)12-24-17-19-9-8-15(21-17)22-10-2-1-3-11-22/h4-9H,1-3,10-12H2,(H,20,23). The molecule has 0 unspecified atom stereocenters. The number of hydrogen-bond acceptors (Lipinski definition) is 5. The lowest BCUT2D eigenvalue weighted by Gasteiger charge is -2.27. The Morgan fingerprint density at radius 2 is 1.92 bits per heavy atom. The van der Waals surface area contributed by atoms with Gasteiger partial charge in [-0.1, -0.05) is 27.7 Å². The molecular formula is C17H19BrN4OS. The van der Waals surface area contributed by atoms with Crippen LogP contribution in [0.5, 0.6) is 0 Å². The number of nitrogens with one attached hydrogen (secondary N) is 1. The van der Waals surface area contributed by atoms with E-state index in [2.05, 4.69) is 36.1 Å². The third kappa shape index (κ3) is 4.95. The molecule has 0 saturated carbocycles. The van der Waals surface area contributed by atoms with Gasteiger partial charge in [0.25, 0.3) is 0 Å². The number of aromatic nitrogens is 2. The minimum atomic E-state index is -0.0608. The summed E-state index contributed by atoms with van der Waals surface area (Å²) in [6.45, 7) is 2.09. The summed E-state index contributed by atoms with van der Waals surface area (Å²) in [7, 11) is 0. The molecule has 0 radical (unpaired) electrons. The minimum absolute atomic E-state index is 0.0608. The summed E-state index contributed by atoms with van der Waals surface area (Å²) in [6.07, 6.45) is 5.48. The summed E-state index contributed by atoms with van der Waals surface area (Å²) in [5.74, 6) is 1.19. The number of carbonyl (C=O) groups is 1. The van der Waals surface area contributed by atoms with Crippen molar-refractivity contribution in [1.29, 1.82) is 0 Å². The van der Waals surface area contributed by atoms with Crippen molar-refractivity contribution in [2.75, 3.05) is 29.1 Å². The van der Waals surface area contributed by atoms with E-state index >= 15 is 0 Å². The van der Waals surface area contributed by atoms with Crippen LogP contribution in [-0.4, -0.2) is 34.7 Å². The fraction of sp³-hybridized carbons (Fsp3) is 0.353. The van der Waals surface area contributed by atoms with E-state index in [0.29, 0.717) is 10.9 Å². The lowest BCUT2D eigenvalue weighted by molar-refractivity contribution is -0.113. The zero-order chi connectivity index (χ0) is 16.8. The van der Waals surface area contributed by atoms with E-state index in [0.717, 1.165) is 29.1 Å². The van der Waals surface area contributed by atoms with Crippen molar-refractivity contribution < 1.29 is 4.79 Å². The van der Waals surface area contributed by atoms with Crippen LogP contribution >= 0.6 is 27.7 Å². The second-order valence-corrected chi connectivity index (χ2v) is 7.45. The minimum Gasteiger partial charge on any atom is -0.356 e. The van der Waals surface area contributed by atoms with Crippen LogP contribution in [0, 0.1) is 0 Å². The molecule has 1 aromatic heterocycles. The highest BCUT2D eigenvalue weighted by Crippen LogP contribution is 2.21. The van der Waals surface area contributed by atoms with Gasteiger partial charge in [0, 0.05) is 29.4 Å². The summed E-state index contributed by atoms with van der Waals surface area (Å²) >= 11 is 4.73. The van der Waals surface area contributed by atoms with Crippen LogP contribution in [0.1, 0.15) is 19.3 Å². The molecule has 3 rings (SSSR count). The molecule has 0 bridgehead atoms. The van der Waals surface area contributed by atoms with Crippen LogP contribution in [0.3, 0.4) is 0 Å². The molecule has 1 aliphatic heterocycles. The predicted octanol–water partition coefficient (Wildman–Crippen LogP) is 3.96. The number of benzene rings is 1. The SMILES string of the molecule is O=C(CSc1nccc(N2CCCCC2)n1)Nc1ccc(Br)cc1. The number of thioether (sulfide) groups is 1. The molecular weight excluding hydrogens is 388 g/mol. The second kappa shape index (κ2) is 8.48. The van der Waals surface area contributed by atoms with Gasteiger partial charge >= 0.3 is 0 Å². The molecule has 0 spiro atoms. The van der Waals surface area contributed by atoms with Crippen LogP contribution in [0.15, 0.2) is 46.2 Å². The monoisotopic (exact) mass is 406 g/mol. The third-order valence-electron chi connectivity index (χ3n) is 3.76. The molecule has 1 N–H and O–H groups in total. The summed E-state index contributed by atoms with van der Waals surface area (Å²) in [5, 5.41) is 3.51. The summed E-state index contributed by atoms with van der Waals surface area (Å²) in [6, 6.07) is 9.46. The van der Waals surface area contributed by atoms with Crippen LogP contribution < -0.4 is 10.2 Å². The Bertz CT molecular complexity index is 689. The van der Waals surface area contributed by atoms with Crippen molar-refractivity contribution in [2.24, 2.45) is 0 Å². The summed E-state index contributed by atoms with van der Waals surface area (Å²) in [5.41, 5.74) is 0.784. The van der Waals surface area contributed by atoms with Gasteiger partial charge in [-0.2, -0.15) is 0 Å². The number of halogens is 1. The lowest BCUT2D eigenvalue weighted by Crippen LogP contribution is -2.30. The zero-order valence-corrected chi connectivity index (χ0v) is 15.6. The highest BCUT2D eigenvalue weighted by atomic mass is 79.9. The first-order chi connectivity index (χ1) is 11.7. The highest BCUT2D eigenvalue weighted by molar-refractivity contribution is 9.10. The maximum Gasteiger partial charge on any atom is 0.234 e. The molecule has 1 saturated heterocycles. The average molecular weight is 407 g/mol. The van der Waals surface area contributed by atoms with Crippen molar-refractivity contribution >= 4 is 45.1 Å². The van der Waals surface area contributed by atoms with Crippen LogP contribution in [0.25, 0.3) is 0 Å². The quantitative estimate of drug-likeness (QED) is 0.601. The van der Waals surface area contributed by atoms with Gasteiger partial charge in [0.15, 0.2) is 5.16 Å². The Morgan fingerprint density at radius 3 is 2.67 bits per heavy atom. The molecule has 0 atom stereocenters. The topological polar surface area (TPSA) is 58.1 Å². The number of rotatable bonds is 5. The maximum absolute atomic E-state index is 12.0. The first-order valence-electron chi connectivity index (χ1n) is 7.97. The van der Waals surface area contributed by atoms with Crippen LogP contribution in [-0.2, 0) is 4.79 Å². The maximum atomic E-state index is 12.0. The Labute approximate surface area is 154 Å². The first kappa shape index (κ1) is 17.2. The molecule has 7 heteroatoms. The van der Waals surface area contributed by atoms with E-state index in [9.17, 15) is 4.79 Å². The molecule has 5 nitrogen and oxygen atoms in total. The van der Waals surface area contributed by atoms with Gasteiger partial charge < -0.3 is 10.2 Å². The number of anilines is 2. The number of piperidine rings is 1. The Kier molecular flexibility index (Phi) is 6.09. The lowest BCUT2D eigenvalue weighted by atomic mass is 10.1. The van der Waals surface area contributed by atoms with Gasteiger partial charge in [0.1, 0.15) is 5.82 Å². The van der Waals surface area contributed by atoms with Gasteiger partial charge in [-0.15, -0.1) is 0 Å². The van der Waals surface area contributed by atoms with E-state index in [4.69, 9.17) is 0 Å². The summed E-state index contributed by atoms with van der Waals surface area (Å²) < 4.78 is 0.984. The highest BCUT2D eigenvalue weighted by Gasteiger charge is 2.13. The van der Waals surface area contributed by atoms with Crippen molar-refractivity contribution in [3.05, 3.63) is 41.0 Å². The number of amides is 1. The Morgan fingerprint density at radius 1 is 1.17 bits per heavy atom. The van der Waals surface area contributed by atoms with Gasteiger partial charge in [-0.05, 0) is 49.6 Å². The molecule has 1 amide bonds. The first-order valence-corrected chi connectivity index (χ1v) is 9.75. The summed E-state index contributed by atoms with van der Waals surface area (Å²) in [4.78, 5) is 23.2. The van der Waals surface area contributed by atoms with Gasteiger partial charge in [-0.25, -0.2) is 9.97 Å². The van der Waals surface area contributed by atoms with Crippen molar-refractivity contribution in [1.82, 2.24) is 9.97 Å². The van der Waals surface area contributed by atoms with Gasteiger partial charge in [0.2, 0.25) is 5.91 Å². The van der Waals surface area contributed by atoms with Crippen molar-refractivity contribution in [3.8, 4) is 0 Å². The van der Waals surface area contributed by atoms with E-state index in [1.54, 1.807) is 6.20 Å². The Balaban J connectivity index is 1.54. The average Bonchev–Trinajstić information content (AvgIpc) is 2.63. The fourth-order valence-electron chi connectivity index (χ4n) is 2.56. The zero-order valence-electron chi connectivity index (χ0n) is 13.2. The van der Waals surface area contributed by atoms with Crippen LogP contribution in [0.2, 0.25) is 0 Å². The van der Waals surface area contributed by atoms with E-state index in [1.165, 1.54) is 31.0 Å². The smallest absolute Gasteiger partial charge is 0.234 e. The van der Waals surface area contributed by atoms with Gasteiger partial charge in [-0.3, -0.25) is 4.79 Å². The molecule has 2 aromatic rings. The number of nitrogens with zero attached hydrogens (tertiary/aromatic N) is 3. The Hall–Kier alpha value is -1.60. The molecule has 2 heterocycles. The molecule has 1 aliphatic rings.